The molecule has 3 aromatic rings. The molecule has 0 amide bonds. The van der Waals surface area contributed by atoms with E-state index in [4.69, 9.17) is 0 Å². The predicted molar refractivity (Wildman–Crippen MR) is 109 cm³/mol. The second-order valence-electron chi connectivity index (χ2n) is 5.46. The fourth-order valence-corrected chi connectivity index (χ4v) is 2.37. The van der Waals surface area contributed by atoms with Gasteiger partial charge < -0.3 is 10.6 Å². The molecular formula is C17H22IN7. The molecule has 0 fully saturated rings. The zero-order chi connectivity index (χ0) is 16.8. The van der Waals surface area contributed by atoms with Gasteiger partial charge in [0.15, 0.2) is 17.4 Å². The largest absolute Gasteiger partial charge is 0.356 e. The van der Waals surface area contributed by atoms with E-state index in [2.05, 4.69) is 36.9 Å². The first-order valence-electron chi connectivity index (χ1n) is 7.91. The van der Waals surface area contributed by atoms with E-state index in [1.165, 1.54) is 5.56 Å². The van der Waals surface area contributed by atoms with Crippen LogP contribution < -0.4 is 10.6 Å². The quantitative estimate of drug-likeness (QED) is 0.352. The SMILES string of the molecule is CN=C(NCCc1ccc(C)nc1)NCc1nnc2ccccn12.I. The van der Waals surface area contributed by atoms with Gasteiger partial charge in [0.05, 0.1) is 6.54 Å². The average molecular weight is 451 g/mol. The molecule has 132 valence electrons. The van der Waals surface area contributed by atoms with Gasteiger partial charge in [-0.25, -0.2) is 0 Å². The van der Waals surface area contributed by atoms with Crippen LogP contribution in [0, 0.1) is 6.92 Å². The molecule has 0 bridgehead atoms. The lowest BCUT2D eigenvalue weighted by Crippen LogP contribution is -2.38. The van der Waals surface area contributed by atoms with Gasteiger partial charge in [0.1, 0.15) is 0 Å². The summed E-state index contributed by atoms with van der Waals surface area (Å²) in [4.78, 5) is 8.54. The minimum atomic E-state index is 0. The predicted octanol–water partition coefficient (Wildman–Crippen LogP) is 1.96. The standard InChI is InChI=1S/C17H21N7.HI/c1-13-6-7-14(11-20-13)8-9-19-17(18-2)21-12-16-23-22-15-5-3-4-10-24(15)16;/h3-7,10-11H,8-9,12H2,1-2H3,(H2,18,19,21);1H. The number of hydrogen-bond acceptors (Lipinski definition) is 4. The van der Waals surface area contributed by atoms with Crippen LogP contribution in [0.3, 0.4) is 0 Å². The second kappa shape index (κ2) is 9.30. The van der Waals surface area contributed by atoms with E-state index in [0.717, 1.165) is 36.1 Å². The lowest BCUT2D eigenvalue weighted by Gasteiger charge is -2.11. The Morgan fingerprint density at radius 3 is 2.80 bits per heavy atom. The van der Waals surface area contributed by atoms with Gasteiger partial charge in [0.2, 0.25) is 0 Å². The average Bonchev–Trinajstić information content (AvgIpc) is 3.03. The third kappa shape index (κ3) is 5.12. The topological polar surface area (TPSA) is 79.5 Å². The van der Waals surface area contributed by atoms with Gasteiger partial charge in [-0.1, -0.05) is 12.1 Å². The van der Waals surface area contributed by atoms with Crippen molar-refractivity contribution in [2.24, 2.45) is 4.99 Å². The third-order valence-electron chi connectivity index (χ3n) is 3.70. The molecule has 0 aliphatic rings. The number of guanidine groups is 1. The maximum absolute atomic E-state index is 4.30. The Hall–Kier alpha value is -2.23. The van der Waals surface area contributed by atoms with E-state index >= 15 is 0 Å². The molecule has 3 heterocycles. The molecule has 0 saturated carbocycles. The Balaban J connectivity index is 0.00000225. The van der Waals surface area contributed by atoms with Crippen LogP contribution in [0.15, 0.2) is 47.7 Å². The summed E-state index contributed by atoms with van der Waals surface area (Å²) < 4.78 is 1.96. The fourth-order valence-electron chi connectivity index (χ4n) is 2.37. The van der Waals surface area contributed by atoms with Crippen LogP contribution >= 0.6 is 24.0 Å². The molecule has 0 radical (unpaired) electrons. The molecule has 2 N–H and O–H groups in total. The van der Waals surface area contributed by atoms with Crippen LogP contribution in [0.25, 0.3) is 5.65 Å². The number of nitrogens with one attached hydrogen (secondary N) is 2. The minimum absolute atomic E-state index is 0. The normalized spacial score (nSPS) is 11.2. The summed E-state index contributed by atoms with van der Waals surface area (Å²) in [6.07, 6.45) is 4.75. The van der Waals surface area contributed by atoms with E-state index in [1.807, 2.05) is 48.0 Å². The Kier molecular flexibility index (Phi) is 7.11. The Bertz CT molecular complexity index is 826. The van der Waals surface area contributed by atoms with Crippen LogP contribution in [0.4, 0.5) is 0 Å². The van der Waals surface area contributed by atoms with Crippen LogP contribution in [0.2, 0.25) is 0 Å². The molecule has 0 saturated heterocycles. The van der Waals surface area contributed by atoms with Crippen molar-refractivity contribution >= 4 is 35.6 Å². The number of aromatic nitrogens is 4. The van der Waals surface area contributed by atoms with Crippen molar-refractivity contribution in [3.05, 3.63) is 59.8 Å². The molecule has 7 nitrogen and oxygen atoms in total. The summed E-state index contributed by atoms with van der Waals surface area (Å²) in [5, 5.41) is 14.9. The van der Waals surface area contributed by atoms with Crippen molar-refractivity contribution in [1.29, 1.82) is 0 Å². The van der Waals surface area contributed by atoms with Crippen LogP contribution in [-0.2, 0) is 13.0 Å². The minimum Gasteiger partial charge on any atom is -0.356 e. The van der Waals surface area contributed by atoms with Crippen molar-refractivity contribution in [3.8, 4) is 0 Å². The number of rotatable bonds is 5. The molecule has 25 heavy (non-hydrogen) atoms. The van der Waals surface area contributed by atoms with Crippen molar-refractivity contribution < 1.29 is 0 Å². The number of pyridine rings is 2. The summed E-state index contributed by atoms with van der Waals surface area (Å²) >= 11 is 0. The number of hydrogen-bond donors (Lipinski definition) is 2. The molecule has 3 rings (SSSR count). The summed E-state index contributed by atoms with van der Waals surface area (Å²) in [7, 11) is 1.75. The van der Waals surface area contributed by atoms with Gasteiger partial charge in [-0.15, -0.1) is 34.2 Å². The first-order valence-corrected chi connectivity index (χ1v) is 7.91. The fraction of sp³-hybridized carbons (Fsp3) is 0.294. The van der Waals surface area contributed by atoms with E-state index in [0.29, 0.717) is 6.54 Å². The lowest BCUT2D eigenvalue weighted by atomic mass is 10.2. The Morgan fingerprint density at radius 2 is 2.04 bits per heavy atom. The highest BCUT2D eigenvalue weighted by atomic mass is 127. The van der Waals surface area contributed by atoms with Crippen LogP contribution in [0.5, 0.6) is 0 Å². The molecular weight excluding hydrogens is 429 g/mol. The van der Waals surface area contributed by atoms with Crippen molar-refractivity contribution in [2.75, 3.05) is 13.6 Å². The van der Waals surface area contributed by atoms with Crippen molar-refractivity contribution in [1.82, 2.24) is 30.2 Å². The molecule has 0 unspecified atom stereocenters. The molecule has 0 aliphatic heterocycles. The number of fused-ring (bicyclic) bond motifs is 1. The highest BCUT2D eigenvalue weighted by Gasteiger charge is 2.05. The van der Waals surface area contributed by atoms with Crippen LogP contribution in [0.1, 0.15) is 17.1 Å². The van der Waals surface area contributed by atoms with Gasteiger partial charge in [0, 0.05) is 31.7 Å². The van der Waals surface area contributed by atoms with E-state index < -0.39 is 0 Å². The number of halogens is 1. The summed E-state index contributed by atoms with van der Waals surface area (Å²) in [5.41, 5.74) is 3.07. The van der Waals surface area contributed by atoms with E-state index in [-0.39, 0.29) is 24.0 Å². The van der Waals surface area contributed by atoms with Crippen molar-refractivity contribution in [2.45, 2.75) is 19.9 Å². The Labute approximate surface area is 164 Å². The number of nitrogens with zero attached hydrogens (tertiary/aromatic N) is 5. The second-order valence-corrected chi connectivity index (χ2v) is 5.46. The smallest absolute Gasteiger partial charge is 0.191 e. The van der Waals surface area contributed by atoms with Gasteiger partial charge in [0.25, 0.3) is 0 Å². The third-order valence-corrected chi connectivity index (χ3v) is 3.70. The zero-order valence-corrected chi connectivity index (χ0v) is 16.6. The first-order chi connectivity index (χ1) is 11.8. The highest BCUT2D eigenvalue weighted by Crippen LogP contribution is 2.02. The first kappa shape index (κ1) is 19.1. The van der Waals surface area contributed by atoms with Crippen LogP contribution in [-0.4, -0.2) is 39.1 Å². The summed E-state index contributed by atoms with van der Waals surface area (Å²) in [5.74, 6) is 1.58. The van der Waals surface area contributed by atoms with Gasteiger partial charge in [-0.05, 0) is 37.1 Å². The van der Waals surface area contributed by atoms with Gasteiger partial charge in [-0.2, -0.15) is 0 Å². The highest BCUT2D eigenvalue weighted by molar-refractivity contribution is 14.0. The molecule has 0 atom stereocenters. The van der Waals surface area contributed by atoms with E-state index in [1.54, 1.807) is 7.05 Å². The maximum atomic E-state index is 4.30. The molecule has 8 heteroatoms. The summed E-state index contributed by atoms with van der Waals surface area (Å²) in [6.45, 7) is 3.32. The molecule has 3 aromatic heterocycles. The molecule has 0 aliphatic carbocycles. The van der Waals surface area contributed by atoms with Gasteiger partial charge in [-0.3, -0.25) is 14.4 Å². The number of aryl methyl sites for hydroxylation is 1. The van der Waals surface area contributed by atoms with Crippen molar-refractivity contribution in [3.63, 3.8) is 0 Å². The zero-order valence-electron chi connectivity index (χ0n) is 14.3. The molecule has 0 spiro atoms. The number of aliphatic imine (C=N–C) groups is 1. The van der Waals surface area contributed by atoms with Gasteiger partial charge >= 0.3 is 0 Å². The van der Waals surface area contributed by atoms with E-state index in [9.17, 15) is 0 Å². The summed E-state index contributed by atoms with van der Waals surface area (Å²) in [6, 6.07) is 9.96. The molecule has 0 aromatic carbocycles. The Morgan fingerprint density at radius 1 is 1.16 bits per heavy atom. The maximum Gasteiger partial charge on any atom is 0.191 e. The monoisotopic (exact) mass is 451 g/mol. The lowest BCUT2D eigenvalue weighted by molar-refractivity contribution is 0.756.